The summed E-state index contributed by atoms with van der Waals surface area (Å²) in [4.78, 5) is 11.4. The second kappa shape index (κ2) is 6.76. The van der Waals surface area contributed by atoms with Crippen LogP contribution < -0.4 is 10.6 Å². The summed E-state index contributed by atoms with van der Waals surface area (Å²) in [6.45, 7) is 0.166. The SMILES string of the molecule is O=C(CNCC(O)CO)NC1CCCC1. The van der Waals surface area contributed by atoms with Crippen molar-refractivity contribution in [3.63, 3.8) is 0 Å². The van der Waals surface area contributed by atoms with Gasteiger partial charge in [0.1, 0.15) is 0 Å². The Labute approximate surface area is 89.9 Å². The van der Waals surface area contributed by atoms with Crippen LogP contribution in [0.1, 0.15) is 25.7 Å². The van der Waals surface area contributed by atoms with Gasteiger partial charge in [-0.1, -0.05) is 12.8 Å². The van der Waals surface area contributed by atoms with Crippen molar-refractivity contribution < 1.29 is 15.0 Å². The number of hydrogen-bond donors (Lipinski definition) is 4. The van der Waals surface area contributed by atoms with Gasteiger partial charge in [-0.15, -0.1) is 0 Å². The van der Waals surface area contributed by atoms with Gasteiger partial charge in [0.25, 0.3) is 0 Å². The number of rotatable bonds is 6. The van der Waals surface area contributed by atoms with E-state index in [-0.39, 0.29) is 25.6 Å². The lowest BCUT2D eigenvalue weighted by Crippen LogP contribution is -2.41. The van der Waals surface area contributed by atoms with Gasteiger partial charge in [-0.05, 0) is 12.8 Å². The number of aliphatic hydroxyl groups is 2. The molecule has 0 radical (unpaired) electrons. The summed E-state index contributed by atoms with van der Waals surface area (Å²) < 4.78 is 0. The molecule has 0 heterocycles. The van der Waals surface area contributed by atoms with Gasteiger partial charge in [-0.3, -0.25) is 4.79 Å². The summed E-state index contributed by atoms with van der Waals surface area (Å²) in [5.41, 5.74) is 0. The summed E-state index contributed by atoms with van der Waals surface area (Å²) in [7, 11) is 0. The maximum Gasteiger partial charge on any atom is 0.234 e. The predicted molar refractivity (Wildman–Crippen MR) is 56.4 cm³/mol. The molecule has 1 atom stereocenters. The molecule has 0 aromatic carbocycles. The molecule has 0 bridgehead atoms. The fourth-order valence-electron chi connectivity index (χ4n) is 1.77. The van der Waals surface area contributed by atoms with Crippen LogP contribution in [0.15, 0.2) is 0 Å². The number of carbonyl (C=O) groups excluding carboxylic acids is 1. The number of hydrogen-bond acceptors (Lipinski definition) is 4. The van der Waals surface area contributed by atoms with Crippen LogP contribution in [-0.2, 0) is 4.79 Å². The van der Waals surface area contributed by atoms with Gasteiger partial charge in [0.15, 0.2) is 0 Å². The van der Waals surface area contributed by atoms with Crippen molar-refractivity contribution in [1.82, 2.24) is 10.6 Å². The number of carbonyl (C=O) groups is 1. The Morgan fingerprint density at radius 1 is 1.40 bits per heavy atom. The van der Waals surface area contributed by atoms with Crippen molar-refractivity contribution in [1.29, 1.82) is 0 Å². The average Bonchev–Trinajstić information content (AvgIpc) is 2.70. The molecule has 1 fully saturated rings. The second-order valence-electron chi connectivity index (χ2n) is 4.02. The van der Waals surface area contributed by atoms with E-state index in [1.807, 2.05) is 0 Å². The van der Waals surface area contributed by atoms with Crippen LogP contribution in [0.2, 0.25) is 0 Å². The Morgan fingerprint density at radius 2 is 2.07 bits per heavy atom. The molecule has 1 aliphatic rings. The number of amides is 1. The Kier molecular flexibility index (Phi) is 5.60. The monoisotopic (exact) mass is 216 g/mol. The Bertz CT molecular complexity index is 193. The molecule has 1 unspecified atom stereocenters. The van der Waals surface area contributed by atoms with Crippen LogP contribution in [0.4, 0.5) is 0 Å². The molecule has 1 saturated carbocycles. The van der Waals surface area contributed by atoms with Crippen molar-refractivity contribution in [3.8, 4) is 0 Å². The highest BCUT2D eigenvalue weighted by Gasteiger charge is 2.16. The zero-order valence-electron chi connectivity index (χ0n) is 8.91. The van der Waals surface area contributed by atoms with E-state index >= 15 is 0 Å². The lowest BCUT2D eigenvalue weighted by Gasteiger charge is -2.13. The van der Waals surface area contributed by atoms with E-state index in [0.29, 0.717) is 6.04 Å². The highest BCUT2D eigenvalue weighted by Crippen LogP contribution is 2.17. The van der Waals surface area contributed by atoms with Crippen LogP contribution >= 0.6 is 0 Å². The fraction of sp³-hybridized carbons (Fsp3) is 0.900. The number of nitrogens with one attached hydrogen (secondary N) is 2. The van der Waals surface area contributed by atoms with Crippen LogP contribution in [0.3, 0.4) is 0 Å². The van der Waals surface area contributed by atoms with Crippen molar-refractivity contribution in [2.75, 3.05) is 19.7 Å². The standard InChI is InChI=1S/C10H20N2O3/c13-7-9(14)5-11-6-10(15)12-8-3-1-2-4-8/h8-9,11,13-14H,1-7H2,(H,12,15). The normalized spacial score (nSPS) is 19.1. The quantitative estimate of drug-likeness (QED) is 0.458. The molecule has 0 spiro atoms. The molecule has 1 rings (SSSR count). The molecular formula is C10H20N2O3. The first-order valence-electron chi connectivity index (χ1n) is 5.51. The van der Waals surface area contributed by atoms with Gasteiger partial charge < -0.3 is 20.8 Å². The Balaban J connectivity index is 2.02. The van der Waals surface area contributed by atoms with Crippen molar-refractivity contribution in [2.24, 2.45) is 0 Å². The minimum Gasteiger partial charge on any atom is -0.394 e. The van der Waals surface area contributed by atoms with Crippen molar-refractivity contribution in [2.45, 2.75) is 37.8 Å². The zero-order chi connectivity index (χ0) is 11.1. The van der Waals surface area contributed by atoms with Crippen LogP contribution in [0.25, 0.3) is 0 Å². The van der Waals surface area contributed by atoms with Gasteiger partial charge in [-0.2, -0.15) is 0 Å². The molecule has 0 saturated heterocycles. The van der Waals surface area contributed by atoms with E-state index < -0.39 is 6.10 Å². The topological polar surface area (TPSA) is 81.6 Å². The fourth-order valence-corrected chi connectivity index (χ4v) is 1.77. The minimum atomic E-state index is -0.788. The third-order valence-electron chi connectivity index (χ3n) is 2.60. The summed E-state index contributed by atoms with van der Waals surface area (Å²) in [6, 6.07) is 0.335. The van der Waals surface area contributed by atoms with Crippen molar-refractivity contribution in [3.05, 3.63) is 0 Å². The van der Waals surface area contributed by atoms with E-state index in [1.54, 1.807) is 0 Å². The van der Waals surface area contributed by atoms with Crippen LogP contribution in [0.5, 0.6) is 0 Å². The first kappa shape index (κ1) is 12.4. The molecular weight excluding hydrogens is 196 g/mol. The highest BCUT2D eigenvalue weighted by atomic mass is 16.3. The van der Waals surface area contributed by atoms with Gasteiger partial charge in [-0.25, -0.2) is 0 Å². The van der Waals surface area contributed by atoms with E-state index in [1.165, 1.54) is 12.8 Å². The largest absolute Gasteiger partial charge is 0.394 e. The summed E-state index contributed by atoms with van der Waals surface area (Å²) in [6.07, 6.45) is 3.75. The molecule has 5 heteroatoms. The summed E-state index contributed by atoms with van der Waals surface area (Å²) >= 11 is 0. The lowest BCUT2D eigenvalue weighted by molar-refractivity contribution is -0.121. The number of aliphatic hydroxyl groups excluding tert-OH is 2. The lowest BCUT2D eigenvalue weighted by atomic mass is 10.2. The van der Waals surface area contributed by atoms with Gasteiger partial charge in [0.05, 0.1) is 19.3 Å². The van der Waals surface area contributed by atoms with Crippen LogP contribution in [-0.4, -0.2) is 48.0 Å². The van der Waals surface area contributed by atoms with Gasteiger partial charge in [0, 0.05) is 12.6 Å². The first-order chi connectivity index (χ1) is 7.22. The second-order valence-corrected chi connectivity index (χ2v) is 4.02. The molecule has 0 aromatic rings. The van der Waals surface area contributed by atoms with E-state index in [0.717, 1.165) is 12.8 Å². The average molecular weight is 216 g/mol. The third-order valence-corrected chi connectivity index (χ3v) is 2.60. The molecule has 4 N–H and O–H groups in total. The zero-order valence-corrected chi connectivity index (χ0v) is 8.91. The maximum atomic E-state index is 11.4. The van der Waals surface area contributed by atoms with Crippen LogP contribution in [0, 0.1) is 0 Å². The summed E-state index contributed by atoms with van der Waals surface area (Å²) in [5, 5.41) is 23.3. The molecule has 0 aromatic heterocycles. The Hall–Kier alpha value is -0.650. The molecule has 88 valence electrons. The smallest absolute Gasteiger partial charge is 0.234 e. The molecule has 5 nitrogen and oxygen atoms in total. The van der Waals surface area contributed by atoms with Gasteiger partial charge in [0.2, 0.25) is 5.91 Å². The molecule has 1 amide bonds. The predicted octanol–water partition coefficient (Wildman–Crippen LogP) is -1.01. The van der Waals surface area contributed by atoms with Crippen molar-refractivity contribution >= 4 is 5.91 Å². The Morgan fingerprint density at radius 3 is 2.67 bits per heavy atom. The van der Waals surface area contributed by atoms with E-state index in [2.05, 4.69) is 10.6 Å². The third kappa shape index (κ3) is 5.11. The maximum absolute atomic E-state index is 11.4. The highest BCUT2D eigenvalue weighted by molar-refractivity contribution is 5.78. The molecule has 1 aliphatic carbocycles. The van der Waals surface area contributed by atoms with E-state index in [9.17, 15) is 4.79 Å². The molecule has 15 heavy (non-hydrogen) atoms. The summed E-state index contributed by atoms with van der Waals surface area (Å²) in [5.74, 6) is -0.0351. The first-order valence-corrected chi connectivity index (χ1v) is 5.51. The van der Waals surface area contributed by atoms with Gasteiger partial charge >= 0.3 is 0 Å². The van der Waals surface area contributed by atoms with E-state index in [4.69, 9.17) is 10.2 Å². The molecule has 0 aliphatic heterocycles. The minimum absolute atomic E-state index is 0.0351.